The molecular weight excluding hydrogens is 315 g/mol. The second-order valence-electron chi connectivity index (χ2n) is 6.79. The van der Waals surface area contributed by atoms with E-state index in [0.29, 0.717) is 19.0 Å². The van der Waals surface area contributed by atoms with E-state index in [1.54, 1.807) is 6.07 Å². The second-order valence-corrected chi connectivity index (χ2v) is 6.79. The van der Waals surface area contributed by atoms with Gasteiger partial charge in [0.2, 0.25) is 0 Å². The van der Waals surface area contributed by atoms with Gasteiger partial charge in [-0.1, -0.05) is 43.9 Å². The van der Waals surface area contributed by atoms with E-state index in [9.17, 15) is 4.39 Å². The van der Waals surface area contributed by atoms with Crippen LogP contribution in [-0.4, -0.2) is 22.6 Å². The fourth-order valence-corrected chi connectivity index (χ4v) is 3.39. The van der Waals surface area contributed by atoms with Crippen molar-refractivity contribution < 1.29 is 4.39 Å². The summed E-state index contributed by atoms with van der Waals surface area (Å²) in [7, 11) is 0. The van der Waals surface area contributed by atoms with Crippen molar-refractivity contribution in [2.45, 2.75) is 57.9 Å². The lowest BCUT2D eigenvalue weighted by Gasteiger charge is -2.18. The highest BCUT2D eigenvalue weighted by Gasteiger charge is 2.13. The predicted molar refractivity (Wildman–Crippen MR) is 100 cm³/mol. The Kier molecular flexibility index (Phi) is 6.20. The molecule has 4 nitrogen and oxygen atoms in total. The summed E-state index contributed by atoms with van der Waals surface area (Å²) >= 11 is 0. The van der Waals surface area contributed by atoms with Gasteiger partial charge in [0.25, 0.3) is 0 Å². The minimum Gasteiger partial charge on any atom is -0.370 e. The van der Waals surface area contributed by atoms with E-state index in [1.807, 2.05) is 25.1 Å². The van der Waals surface area contributed by atoms with Crippen LogP contribution in [0, 0.1) is 12.7 Å². The number of anilines is 2. The number of hydrogen-bond acceptors (Lipinski definition) is 4. The highest BCUT2D eigenvalue weighted by atomic mass is 19.1. The number of aromatic nitrogens is 2. The van der Waals surface area contributed by atoms with Gasteiger partial charge < -0.3 is 10.6 Å². The zero-order valence-corrected chi connectivity index (χ0v) is 14.9. The Hall–Kier alpha value is -2.17. The summed E-state index contributed by atoms with van der Waals surface area (Å²) in [6, 6.07) is 9.36. The molecule has 1 aromatic carbocycles. The lowest BCUT2D eigenvalue weighted by molar-refractivity contribution is 0.610. The van der Waals surface area contributed by atoms with Crippen molar-refractivity contribution in [2.75, 3.05) is 17.2 Å². The third-order valence-electron chi connectivity index (χ3n) is 4.70. The van der Waals surface area contributed by atoms with Gasteiger partial charge in [-0.25, -0.2) is 14.4 Å². The van der Waals surface area contributed by atoms with Crippen LogP contribution in [0.2, 0.25) is 0 Å². The van der Waals surface area contributed by atoms with Gasteiger partial charge in [-0.05, 0) is 37.8 Å². The molecule has 2 aromatic rings. The van der Waals surface area contributed by atoms with E-state index in [1.165, 1.54) is 44.6 Å². The van der Waals surface area contributed by atoms with Gasteiger partial charge in [-0.15, -0.1) is 0 Å². The van der Waals surface area contributed by atoms with E-state index >= 15 is 0 Å². The van der Waals surface area contributed by atoms with Gasteiger partial charge in [0.05, 0.1) is 0 Å². The molecule has 0 aliphatic heterocycles. The molecule has 1 aromatic heterocycles. The first-order valence-corrected chi connectivity index (χ1v) is 9.30. The summed E-state index contributed by atoms with van der Waals surface area (Å²) in [5.74, 6) is 2.26. The van der Waals surface area contributed by atoms with Gasteiger partial charge in [0, 0.05) is 18.7 Å². The maximum absolute atomic E-state index is 13.7. The average molecular weight is 342 g/mol. The molecule has 25 heavy (non-hydrogen) atoms. The average Bonchev–Trinajstić information content (AvgIpc) is 2.85. The van der Waals surface area contributed by atoms with Crippen LogP contribution in [0.3, 0.4) is 0 Å². The molecule has 0 bridgehead atoms. The Morgan fingerprint density at radius 3 is 2.52 bits per heavy atom. The van der Waals surface area contributed by atoms with Gasteiger partial charge >= 0.3 is 0 Å². The number of benzene rings is 1. The number of rotatable bonds is 6. The van der Waals surface area contributed by atoms with Crippen molar-refractivity contribution in [1.29, 1.82) is 0 Å². The number of nitrogens with one attached hydrogen (secondary N) is 2. The first-order chi connectivity index (χ1) is 12.2. The highest BCUT2D eigenvalue weighted by molar-refractivity contribution is 5.48. The summed E-state index contributed by atoms with van der Waals surface area (Å²) in [6.07, 6.45) is 8.29. The first-order valence-electron chi connectivity index (χ1n) is 9.30. The van der Waals surface area contributed by atoms with Crippen LogP contribution >= 0.6 is 0 Å². The Bertz CT molecular complexity index is 681. The van der Waals surface area contributed by atoms with Crippen LogP contribution in [0.5, 0.6) is 0 Å². The molecule has 0 spiro atoms. The topological polar surface area (TPSA) is 49.8 Å². The standard InChI is InChI=1S/C20H27FN4/c1-15-23-19(22-13-12-16-8-6-7-11-18(16)21)14-20(24-15)25-17-9-4-2-3-5-10-17/h6-8,11,14,17H,2-5,9-10,12-13H2,1H3,(H2,22,23,24,25). The second kappa shape index (κ2) is 8.79. The Morgan fingerprint density at radius 1 is 1.04 bits per heavy atom. The minimum atomic E-state index is -0.154. The monoisotopic (exact) mass is 342 g/mol. The molecule has 0 amide bonds. The molecule has 0 unspecified atom stereocenters. The van der Waals surface area contributed by atoms with Gasteiger partial charge in [-0.3, -0.25) is 0 Å². The predicted octanol–water partition coefficient (Wildman–Crippen LogP) is 4.71. The van der Waals surface area contributed by atoms with Crippen LogP contribution in [0.25, 0.3) is 0 Å². The molecule has 2 N–H and O–H groups in total. The normalized spacial score (nSPS) is 15.6. The summed E-state index contributed by atoms with van der Waals surface area (Å²) in [6.45, 7) is 2.54. The highest BCUT2D eigenvalue weighted by Crippen LogP contribution is 2.21. The van der Waals surface area contributed by atoms with Gasteiger partial charge in [0.1, 0.15) is 23.3 Å². The Labute approximate surface area is 149 Å². The number of aryl methyl sites for hydroxylation is 1. The molecule has 0 radical (unpaired) electrons. The van der Waals surface area contributed by atoms with Crippen LogP contribution in [0.4, 0.5) is 16.0 Å². The number of hydrogen-bond donors (Lipinski definition) is 2. The largest absolute Gasteiger partial charge is 0.370 e. The Morgan fingerprint density at radius 2 is 1.76 bits per heavy atom. The number of halogens is 1. The van der Waals surface area contributed by atoms with Crippen molar-refractivity contribution in [3.05, 3.63) is 47.5 Å². The van der Waals surface area contributed by atoms with Gasteiger partial charge in [0.15, 0.2) is 0 Å². The summed E-state index contributed by atoms with van der Waals surface area (Å²) < 4.78 is 13.7. The SMILES string of the molecule is Cc1nc(NCCc2ccccc2F)cc(NC2CCCCCC2)n1. The molecule has 0 atom stereocenters. The van der Waals surface area contributed by atoms with E-state index < -0.39 is 0 Å². The molecule has 5 heteroatoms. The summed E-state index contributed by atoms with van der Waals surface area (Å²) in [5.41, 5.74) is 0.720. The summed E-state index contributed by atoms with van der Waals surface area (Å²) in [4.78, 5) is 8.96. The van der Waals surface area contributed by atoms with E-state index in [-0.39, 0.29) is 5.82 Å². The molecule has 1 aliphatic rings. The van der Waals surface area contributed by atoms with Crippen LogP contribution in [-0.2, 0) is 6.42 Å². The molecule has 0 saturated heterocycles. The molecule has 1 saturated carbocycles. The quantitative estimate of drug-likeness (QED) is 0.746. The summed E-state index contributed by atoms with van der Waals surface area (Å²) in [5, 5.41) is 6.86. The molecule has 1 fully saturated rings. The zero-order chi connectivity index (χ0) is 17.5. The van der Waals surface area contributed by atoms with Crippen molar-refractivity contribution in [3.8, 4) is 0 Å². The fraction of sp³-hybridized carbons (Fsp3) is 0.500. The van der Waals surface area contributed by atoms with E-state index in [0.717, 1.165) is 23.0 Å². The van der Waals surface area contributed by atoms with Crippen molar-refractivity contribution in [1.82, 2.24) is 9.97 Å². The smallest absolute Gasteiger partial charge is 0.132 e. The molecule has 1 aliphatic carbocycles. The lowest BCUT2D eigenvalue weighted by Crippen LogP contribution is -2.20. The molecule has 1 heterocycles. The third-order valence-corrected chi connectivity index (χ3v) is 4.70. The number of nitrogens with zero attached hydrogens (tertiary/aromatic N) is 2. The maximum atomic E-state index is 13.7. The van der Waals surface area contributed by atoms with Crippen LogP contribution in [0.15, 0.2) is 30.3 Å². The van der Waals surface area contributed by atoms with Crippen molar-refractivity contribution in [2.24, 2.45) is 0 Å². The minimum absolute atomic E-state index is 0.154. The molecule has 134 valence electrons. The van der Waals surface area contributed by atoms with Crippen molar-refractivity contribution in [3.63, 3.8) is 0 Å². The van der Waals surface area contributed by atoms with Crippen LogP contribution in [0.1, 0.15) is 49.9 Å². The molecule has 3 rings (SSSR count). The maximum Gasteiger partial charge on any atom is 0.132 e. The van der Waals surface area contributed by atoms with Gasteiger partial charge in [-0.2, -0.15) is 0 Å². The lowest BCUT2D eigenvalue weighted by atomic mass is 10.1. The zero-order valence-electron chi connectivity index (χ0n) is 14.9. The van der Waals surface area contributed by atoms with E-state index in [4.69, 9.17) is 0 Å². The Balaban J connectivity index is 1.58. The molecular formula is C20H27FN4. The van der Waals surface area contributed by atoms with E-state index in [2.05, 4.69) is 20.6 Å². The third kappa shape index (κ3) is 5.41. The van der Waals surface area contributed by atoms with Crippen LogP contribution < -0.4 is 10.6 Å². The first kappa shape index (κ1) is 17.6. The van der Waals surface area contributed by atoms with Crippen molar-refractivity contribution >= 4 is 11.6 Å². The fourth-order valence-electron chi connectivity index (χ4n) is 3.39.